The third kappa shape index (κ3) is 1.77. The lowest BCUT2D eigenvalue weighted by Crippen LogP contribution is -2.17. The first-order valence-electron chi connectivity index (χ1n) is 6.32. The predicted octanol–water partition coefficient (Wildman–Crippen LogP) is 3.03. The van der Waals surface area contributed by atoms with Crippen LogP contribution < -0.4 is 5.32 Å². The summed E-state index contributed by atoms with van der Waals surface area (Å²) >= 11 is 1.65. The molecule has 1 unspecified atom stereocenters. The number of aromatic nitrogens is 3. The van der Waals surface area contributed by atoms with Gasteiger partial charge >= 0.3 is 0 Å². The molecule has 1 atom stereocenters. The predicted molar refractivity (Wildman–Crippen MR) is 76.6 cm³/mol. The molecule has 4 rings (SSSR count). The fourth-order valence-corrected chi connectivity index (χ4v) is 3.59. The molecule has 1 aromatic carbocycles. The van der Waals surface area contributed by atoms with E-state index in [-0.39, 0.29) is 0 Å². The highest BCUT2D eigenvalue weighted by molar-refractivity contribution is 7.18. The van der Waals surface area contributed by atoms with Crippen LogP contribution >= 0.6 is 11.3 Å². The fourth-order valence-electron chi connectivity index (χ4n) is 2.57. The molecule has 0 fully saturated rings. The third-order valence-electron chi connectivity index (χ3n) is 3.45. The minimum absolute atomic E-state index is 0.360. The number of rotatable bonds is 1. The van der Waals surface area contributed by atoms with E-state index in [9.17, 15) is 0 Å². The highest BCUT2D eigenvalue weighted by Gasteiger charge is 2.24. The van der Waals surface area contributed by atoms with Crippen molar-refractivity contribution in [1.29, 1.82) is 0 Å². The lowest BCUT2D eigenvalue weighted by atomic mass is 9.92. The Labute approximate surface area is 114 Å². The van der Waals surface area contributed by atoms with Crippen LogP contribution in [0.15, 0.2) is 36.7 Å². The van der Waals surface area contributed by atoms with Crippen molar-refractivity contribution in [1.82, 2.24) is 15.0 Å². The summed E-state index contributed by atoms with van der Waals surface area (Å²) in [5.41, 5.74) is 3.31. The maximum Gasteiger partial charge on any atom is 0.189 e. The fraction of sp³-hybridized carbons (Fsp3) is 0.214. The van der Waals surface area contributed by atoms with E-state index in [1.807, 2.05) is 0 Å². The number of hydrogen-bond donors (Lipinski definition) is 1. The Balaban J connectivity index is 1.85. The third-order valence-corrected chi connectivity index (χ3v) is 4.51. The molecule has 2 aromatic heterocycles. The second-order valence-electron chi connectivity index (χ2n) is 4.59. The van der Waals surface area contributed by atoms with E-state index in [1.54, 1.807) is 23.7 Å². The summed E-state index contributed by atoms with van der Waals surface area (Å²) in [4.78, 5) is 14.2. The number of nitrogens with one attached hydrogen (secondary N) is 1. The van der Waals surface area contributed by atoms with E-state index in [1.165, 1.54) is 11.3 Å². The first kappa shape index (κ1) is 10.9. The standard InChI is InChI=1S/C14H12N4S/c1-2-4-11-9(3-1)10(5-6-15-11)13-18-12-14(19-13)17-8-7-16-12/h1-4,7-8,10,15H,5-6H2. The summed E-state index contributed by atoms with van der Waals surface area (Å²) in [6.45, 7) is 0.985. The average Bonchev–Trinajstić information content (AvgIpc) is 2.90. The minimum atomic E-state index is 0.360. The molecule has 0 bridgehead atoms. The van der Waals surface area contributed by atoms with Crippen molar-refractivity contribution in [3.63, 3.8) is 0 Å². The zero-order valence-corrected chi connectivity index (χ0v) is 11.0. The highest BCUT2D eigenvalue weighted by atomic mass is 32.1. The number of benzene rings is 1. The Morgan fingerprint density at radius 1 is 1.16 bits per heavy atom. The van der Waals surface area contributed by atoms with Gasteiger partial charge in [0.05, 0.1) is 0 Å². The van der Waals surface area contributed by atoms with Crippen LogP contribution in [0.1, 0.15) is 22.9 Å². The van der Waals surface area contributed by atoms with Gasteiger partial charge in [0.25, 0.3) is 0 Å². The number of fused-ring (bicyclic) bond motifs is 2. The molecule has 5 heteroatoms. The monoisotopic (exact) mass is 268 g/mol. The Hall–Kier alpha value is -2.01. The Morgan fingerprint density at radius 2 is 2.05 bits per heavy atom. The zero-order valence-electron chi connectivity index (χ0n) is 10.2. The zero-order chi connectivity index (χ0) is 12.7. The normalized spacial score (nSPS) is 18.0. The van der Waals surface area contributed by atoms with Crippen molar-refractivity contribution in [2.75, 3.05) is 11.9 Å². The van der Waals surface area contributed by atoms with E-state index >= 15 is 0 Å². The Kier molecular flexibility index (Phi) is 2.45. The van der Waals surface area contributed by atoms with Gasteiger partial charge in [0.15, 0.2) is 10.5 Å². The van der Waals surface area contributed by atoms with Gasteiger partial charge in [-0.2, -0.15) is 0 Å². The molecular weight excluding hydrogens is 256 g/mol. The van der Waals surface area contributed by atoms with Crippen molar-refractivity contribution in [2.24, 2.45) is 0 Å². The molecule has 4 nitrogen and oxygen atoms in total. The lowest BCUT2D eigenvalue weighted by Gasteiger charge is -2.24. The van der Waals surface area contributed by atoms with Crippen molar-refractivity contribution in [3.8, 4) is 0 Å². The summed E-state index contributed by atoms with van der Waals surface area (Å²) in [6.07, 6.45) is 4.49. The van der Waals surface area contributed by atoms with Crippen molar-refractivity contribution >= 4 is 27.5 Å². The van der Waals surface area contributed by atoms with Gasteiger partial charge in [-0.1, -0.05) is 29.5 Å². The maximum atomic E-state index is 4.65. The molecule has 0 aliphatic carbocycles. The van der Waals surface area contributed by atoms with Gasteiger partial charge in [0.1, 0.15) is 5.01 Å². The van der Waals surface area contributed by atoms with Crippen LogP contribution in [0.5, 0.6) is 0 Å². The van der Waals surface area contributed by atoms with Crippen LogP contribution in [0.3, 0.4) is 0 Å². The molecule has 0 saturated carbocycles. The lowest BCUT2D eigenvalue weighted by molar-refractivity contribution is 0.716. The van der Waals surface area contributed by atoms with Gasteiger partial charge in [-0.05, 0) is 18.1 Å². The summed E-state index contributed by atoms with van der Waals surface area (Å²) < 4.78 is 0. The molecule has 0 radical (unpaired) electrons. The van der Waals surface area contributed by atoms with Gasteiger partial charge < -0.3 is 5.32 Å². The van der Waals surface area contributed by atoms with Gasteiger partial charge in [0, 0.05) is 30.5 Å². The van der Waals surface area contributed by atoms with E-state index in [0.29, 0.717) is 5.92 Å². The first-order chi connectivity index (χ1) is 9.42. The molecule has 3 aromatic rings. The molecule has 19 heavy (non-hydrogen) atoms. The molecule has 0 saturated heterocycles. The first-order valence-corrected chi connectivity index (χ1v) is 7.14. The van der Waals surface area contributed by atoms with Crippen molar-refractivity contribution in [3.05, 3.63) is 47.2 Å². The molecule has 0 spiro atoms. The molecule has 1 N–H and O–H groups in total. The van der Waals surface area contributed by atoms with E-state index in [2.05, 4.69) is 44.5 Å². The smallest absolute Gasteiger partial charge is 0.189 e. The van der Waals surface area contributed by atoms with Crippen molar-refractivity contribution < 1.29 is 0 Å². The summed E-state index contributed by atoms with van der Waals surface area (Å²) in [5.74, 6) is 0.360. The number of para-hydroxylation sites is 1. The summed E-state index contributed by atoms with van der Waals surface area (Å²) in [5, 5.41) is 4.56. The van der Waals surface area contributed by atoms with E-state index in [4.69, 9.17) is 0 Å². The second kappa shape index (κ2) is 4.28. The van der Waals surface area contributed by atoms with Crippen LogP contribution in [0.25, 0.3) is 10.5 Å². The van der Waals surface area contributed by atoms with Gasteiger partial charge in [-0.3, -0.25) is 0 Å². The van der Waals surface area contributed by atoms with Crippen LogP contribution in [-0.4, -0.2) is 21.5 Å². The largest absolute Gasteiger partial charge is 0.385 e. The van der Waals surface area contributed by atoms with E-state index < -0.39 is 0 Å². The molecule has 1 aliphatic rings. The number of hydrogen-bond acceptors (Lipinski definition) is 5. The molecular formula is C14H12N4S. The quantitative estimate of drug-likeness (QED) is 0.737. The van der Waals surface area contributed by atoms with Gasteiger partial charge in [-0.25, -0.2) is 15.0 Å². The topological polar surface area (TPSA) is 50.7 Å². The van der Waals surface area contributed by atoms with Crippen LogP contribution in [0, 0.1) is 0 Å². The minimum Gasteiger partial charge on any atom is -0.385 e. The molecule has 3 heterocycles. The number of thiazole rings is 1. The van der Waals surface area contributed by atoms with Crippen molar-refractivity contribution in [2.45, 2.75) is 12.3 Å². The SMILES string of the molecule is c1ccc2c(c1)NCCC2c1nc2nccnc2s1. The molecule has 0 amide bonds. The molecule has 94 valence electrons. The Bertz CT molecular complexity index is 704. The highest BCUT2D eigenvalue weighted by Crippen LogP contribution is 2.38. The summed E-state index contributed by atoms with van der Waals surface area (Å²) in [7, 11) is 0. The summed E-state index contributed by atoms with van der Waals surface area (Å²) in [6, 6.07) is 8.46. The van der Waals surface area contributed by atoms with Crippen LogP contribution in [-0.2, 0) is 0 Å². The van der Waals surface area contributed by atoms with Crippen LogP contribution in [0.4, 0.5) is 5.69 Å². The molecule has 1 aliphatic heterocycles. The number of nitrogens with zero attached hydrogens (tertiary/aromatic N) is 3. The average molecular weight is 268 g/mol. The van der Waals surface area contributed by atoms with Crippen LogP contribution in [0.2, 0.25) is 0 Å². The maximum absolute atomic E-state index is 4.65. The Morgan fingerprint density at radius 3 is 3.00 bits per heavy atom. The van der Waals surface area contributed by atoms with Gasteiger partial charge in [-0.15, -0.1) is 0 Å². The second-order valence-corrected chi connectivity index (χ2v) is 5.60. The van der Waals surface area contributed by atoms with Gasteiger partial charge in [0.2, 0.25) is 0 Å². The number of anilines is 1. The van der Waals surface area contributed by atoms with E-state index in [0.717, 1.165) is 28.5 Å².